The molecule has 0 saturated carbocycles. The van der Waals surface area contributed by atoms with Crippen molar-refractivity contribution in [1.82, 2.24) is 5.01 Å². The lowest BCUT2D eigenvalue weighted by molar-refractivity contribution is 0.0488. The van der Waals surface area contributed by atoms with E-state index < -0.39 is 12.1 Å². The number of nitrogens with zero attached hydrogens (tertiary/aromatic N) is 2. The fourth-order valence-electron chi connectivity index (χ4n) is 5.18. The van der Waals surface area contributed by atoms with Gasteiger partial charge < -0.3 is 4.74 Å². The van der Waals surface area contributed by atoms with Crippen molar-refractivity contribution in [3.05, 3.63) is 137 Å². The average molecular weight is 495 g/mol. The summed E-state index contributed by atoms with van der Waals surface area (Å²) in [7, 11) is 0. The Morgan fingerprint density at radius 3 is 2.41 bits per heavy atom. The second-order valence-corrected chi connectivity index (χ2v) is 9.41. The van der Waals surface area contributed by atoms with E-state index in [1.807, 2.05) is 59.6 Å². The Balaban J connectivity index is 1.53. The molecule has 0 aliphatic carbocycles. The molecule has 6 heteroatoms. The van der Waals surface area contributed by atoms with Gasteiger partial charge in [0.05, 0.1) is 11.8 Å². The molecule has 0 spiro atoms. The highest BCUT2D eigenvalue weighted by atomic mass is 19.1. The first kappa shape index (κ1) is 23.1. The minimum absolute atomic E-state index is 0.209. The highest BCUT2D eigenvalue weighted by Crippen LogP contribution is 2.46. The summed E-state index contributed by atoms with van der Waals surface area (Å²) in [5.74, 6) is -0.206. The van der Waals surface area contributed by atoms with Crippen molar-refractivity contribution in [2.45, 2.75) is 31.5 Å². The van der Waals surface area contributed by atoms with E-state index in [4.69, 9.17) is 9.84 Å². The Morgan fingerprint density at radius 1 is 0.919 bits per heavy atom. The van der Waals surface area contributed by atoms with Gasteiger partial charge in [0.15, 0.2) is 17.9 Å². The normalized spacial score (nSPS) is 20.4. The van der Waals surface area contributed by atoms with E-state index in [0.29, 0.717) is 23.3 Å². The number of hydrogen-bond acceptors (Lipinski definition) is 4. The zero-order valence-corrected chi connectivity index (χ0v) is 20.1. The summed E-state index contributed by atoms with van der Waals surface area (Å²) in [6.07, 6.45) is -0.138. The van der Waals surface area contributed by atoms with Crippen LogP contribution in [-0.2, 0) is 0 Å². The van der Waals surface area contributed by atoms with Gasteiger partial charge in [-0.1, -0.05) is 60.7 Å². The molecule has 3 atom stereocenters. The van der Waals surface area contributed by atoms with E-state index in [9.17, 15) is 13.6 Å². The standard InChI is InChI=1S/C31H24F2N2O2/c1-19-17-22(13-16-25(19)33)30(36)29-31(21-7-3-2-4-8-21)37-28-10-6-5-9-24(28)27-18-26(34-35(27)29)20-11-14-23(32)15-12-20/h2-17,27,29,31H,18H2,1H3/t27?,29-,31-/m0/s1. The molecule has 0 amide bonds. The largest absolute Gasteiger partial charge is 0.483 e. The molecule has 0 fully saturated rings. The maximum atomic E-state index is 14.2. The SMILES string of the molecule is Cc1cc(C(=O)[C@H]2[C@H](c3ccccc3)Oc3ccccc3C3CC(c4ccc(F)cc4)=NN32)ccc1F. The van der Waals surface area contributed by atoms with E-state index in [-0.39, 0.29) is 23.5 Å². The molecule has 0 saturated heterocycles. The van der Waals surface area contributed by atoms with Crippen LogP contribution in [-0.4, -0.2) is 22.5 Å². The van der Waals surface area contributed by atoms with E-state index >= 15 is 0 Å². The van der Waals surface area contributed by atoms with Crippen LogP contribution >= 0.6 is 0 Å². The molecule has 37 heavy (non-hydrogen) atoms. The second kappa shape index (κ2) is 9.28. The first-order valence-corrected chi connectivity index (χ1v) is 12.2. The molecular weight excluding hydrogens is 470 g/mol. The number of ketones is 1. The highest BCUT2D eigenvalue weighted by Gasteiger charge is 2.46. The van der Waals surface area contributed by atoms with Crippen LogP contribution in [0, 0.1) is 18.6 Å². The van der Waals surface area contributed by atoms with Crippen LogP contribution in [0.3, 0.4) is 0 Å². The van der Waals surface area contributed by atoms with Gasteiger partial charge in [-0.3, -0.25) is 9.80 Å². The number of fused-ring (bicyclic) bond motifs is 3. The molecule has 4 aromatic carbocycles. The van der Waals surface area contributed by atoms with E-state index in [1.165, 1.54) is 24.3 Å². The topological polar surface area (TPSA) is 41.9 Å². The fourth-order valence-corrected chi connectivity index (χ4v) is 5.18. The molecule has 4 aromatic rings. The second-order valence-electron chi connectivity index (χ2n) is 9.41. The number of hydrazone groups is 1. The first-order chi connectivity index (χ1) is 18.0. The quantitative estimate of drug-likeness (QED) is 0.293. The number of aryl methyl sites for hydroxylation is 1. The summed E-state index contributed by atoms with van der Waals surface area (Å²) >= 11 is 0. The molecule has 0 bridgehead atoms. The Morgan fingerprint density at radius 2 is 1.65 bits per heavy atom. The average Bonchev–Trinajstić information content (AvgIpc) is 3.30. The Bertz CT molecular complexity index is 1500. The van der Waals surface area contributed by atoms with E-state index in [1.54, 1.807) is 25.1 Å². The van der Waals surface area contributed by atoms with Crippen LogP contribution in [0.25, 0.3) is 0 Å². The zero-order chi connectivity index (χ0) is 25.5. The van der Waals surface area contributed by atoms with Gasteiger partial charge in [0.25, 0.3) is 0 Å². The molecule has 2 aliphatic rings. The summed E-state index contributed by atoms with van der Waals surface area (Å²) in [4.78, 5) is 14.2. The van der Waals surface area contributed by atoms with Crippen LogP contribution in [0.1, 0.15) is 51.2 Å². The molecule has 0 aromatic heterocycles. The summed E-state index contributed by atoms with van der Waals surface area (Å²) in [5.41, 5.74) is 4.11. The molecule has 0 radical (unpaired) electrons. The van der Waals surface area contributed by atoms with Crippen molar-refractivity contribution >= 4 is 11.5 Å². The van der Waals surface area contributed by atoms with Crippen LogP contribution in [0.4, 0.5) is 8.78 Å². The third-order valence-electron chi connectivity index (χ3n) is 7.06. The minimum Gasteiger partial charge on any atom is -0.483 e. The van der Waals surface area contributed by atoms with Gasteiger partial charge in [0.1, 0.15) is 17.4 Å². The number of rotatable bonds is 4. The van der Waals surface area contributed by atoms with Crippen LogP contribution in [0.2, 0.25) is 0 Å². The van der Waals surface area contributed by atoms with Gasteiger partial charge in [-0.05, 0) is 60.0 Å². The van der Waals surface area contributed by atoms with Gasteiger partial charge in [-0.25, -0.2) is 8.78 Å². The molecule has 0 N–H and O–H groups in total. The number of halogens is 2. The van der Waals surface area contributed by atoms with Crippen LogP contribution in [0.15, 0.2) is 102 Å². The lowest BCUT2D eigenvalue weighted by atomic mass is 9.92. The third kappa shape index (κ3) is 4.18. The minimum atomic E-state index is -0.817. The maximum Gasteiger partial charge on any atom is 0.191 e. The van der Waals surface area contributed by atoms with Gasteiger partial charge in [0, 0.05) is 17.5 Å². The molecule has 4 nitrogen and oxygen atoms in total. The number of hydrogen-bond donors (Lipinski definition) is 0. The highest BCUT2D eigenvalue weighted by molar-refractivity contribution is 6.04. The smallest absolute Gasteiger partial charge is 0.191 e. The number of para-hydroxylation sites is 1. The number of carbonyl (C=O) groups is 1. The molecular formula is C31H24F2N2O2. The lowest BCUT2D eigenvalue weighted by Gasteiger charge is -2.33. The van der Waals surface area contributed by atoms with Gasteiger partial charge in [-0.2, -0.15) is 5.10 Å². The molecule has 2 aliphatic heterocycles. The Hall–Kier alpha value is -4.32. The zero-order valence-electron chi connectivity index (χ0n) is 20.1. The summed E-state index contributed by atoms with van der Waals surface area (Å²) in [6, 6.07) is 26.9. The summed E-state index contributed by atoms with van der Waals surface area (Å²) < 4.78 is 34.3. The van der Waals surface area contributed by atoms with Crippen molar-refractivity contribution in [2.75, 3.05) is 0 Å². The fraction of sp³-hybridized carbons (Fsp3) is 0.161. The first-order valence-electron chi connectivity index (χ1n) is 12.2. The van der Waals surface area contributed by atoms with E-state index in [2.05, 4.69) is 0 Å². The van der Waals surface area contributed by atoms with Crippen molar-refractivity contribution < 1.29 is 18.3 Å². The number of benzene rings is 4. The summed E-state index contributed by atoms with van der Waals surface area (Å²) in [6.45, 7) is 1.64. The number of ether oxygens (including phenoxy) is 1. The molecule has 184 valence electrons. The maximum absolute atomic E-state index is 14.2. The van der Waals surface area contributed by atoms with Gasteiger partial charge >= 0.3 is 0 Å². The van der Waals surface area contributed by atoms with Gasteiger partial charge in [-0.15, -0.1) is 0 Å². The lowest BCUT2D eigenvalue weighted by Crippen LogP contribution is -2.43. The molecule has 6 rings (SSSR count). The monoisotopic (exact) mass is 494 g/mol. The van der Waals surface area contributed by atoms with Crippen molar-refractivity contribution in [3.63, 3.8) is 0 Å². The number of Topliss-reactive ketones (excluding diaryl/α,β-unsaturated/α-hetero) is 1. The van der Waals surface area contributed by atoms with Gasteiger partial charge in [0.2, 0.25) is 0 Å². The van der Waals surface area contributed by atoms with Crippen LogP contribution in [0.5, 0.6) is 5.75 Å². The predicted molar refractivity (Wildman–Crippen MR) is 138 cm³/mol. The van der Waals surface area contributed by atoms with Crippen LogP contribution < -0.4 is 4.74 Å². The Kier molecular flexibility index (Phi) is 5.80. The molecule has 2 heterocycles. The third-order valence-corrected chi connectivity index (χ3v) is 7.06. The molecule has 1 unspecified atom stereocenters. The number of carbonyl (C=O) groups excluding carboxylic acids is 1. The van der Waals surface area contributed by atoms with Crippen molar-refractivity contribution in [3.8, 4) is 5.75 Å². The predicted octanol–water partition coefficient (Wildman–Crippen LogP) is 6.81. The van der Waals surface area contributed by atoms with E-state index in [0.717, 1.165) is 22.4 Å². The van der Waals surface area contributed by atoms with Crippen molar-refractivity contribution in [2.24, 2.45) is 5.10 Å². The summed E-state index contributed by atoms with van der Waals surface area (Å²) in [5, 5.41) is 6.80. The Labute approximate surface area is 213 Å². The van der Waals surface area contributed by atoms with Crippen molar-refractivity contribution in [1.29, 1.82) is 0 Å².